The summed E-state index contributed by atoms with van der Waals surface area (Å²) in [5.41, 5.74) is 1.29. The molecule has 4 aromatic rings. The Hall–Kier alpha value is -1.80. The maximum absolute atomic E-state index is 12.7. The first kappa shape index (κ1) is 17.3. The van der Waals surface area contributed by atoms with Gasteiger partial charge in [-0.15, -0.1) is 34.0 Å². The van der Waals surface area contributed by atoms with Crippen LogP contribution < -0.4 is 10.5 Å². The second-order valence-corrected chi connectivity index (χ2v) is 10.1. The predicted molar refractivity (Wildman–Crippen MR) is 113 cm³/mol. The number of H-pyrrole nitrogens is 1. The Labute approximate surface area is 169 Å². The standard InChI is InChI=1S/C20H19N3OS3/c24-19-18-15-6-1-7-16(15)27-20(18)22-17(21-19)12-23(10-13-4-2-8-25-13)11-14-5-3-9-26-14/h2-5,8-9H,1,6-7,10-12H2,(H,21,22,24)/p+1. The van der Waals surface area contributed by atoms with Crippen molar-refractivity contribution in [1.82, 2.24) is 9.97 Å². The molecule has 27 heavy (non-hydrogen) atoms. The zero-order valence-corrected chi connectivity index (χ0v) is 17.2. The number of hydrogen-bond acceptors (Lipinski definition) is 5. The topological polar surface area (TPSA) is 50.2 Å². The van der Waals surface area contributed by atoms with Crippen molar-refractivity contribution in [2.45, 2.75) is 38.9 Å². The summed E-state index contributed by atoms with van der Waals surface area (Å²) >= 11 is 5.29. The van der Waals surface area contributed by atoms with Crippen LogP contribution >= 0.6 is 34.0 Å². The summed E-state index contributed by atoms with van der Waals surface area (Å²) < 4.78 is 0. The van der Waals surface area contributed by atoms with Gasteiger partial charge in [0.15, 0.2) is 5.82 Å². The van der Waals surface area contributed by atoms with Crippen LogP contribution in [0.3, 0.4) is 0 Å². The maximum Gasteiger partial charge on any atom is 0.260 e. The van der Waals surface area contributed by atoms with E-state index in [9.17, 15) is 4.79 Å². The quantitative estimate of drug-likeness (QED) is 0.508. The van der Waals surface area contributed by atoms with Crippen molar-refractivity contribution in [3.8, 4) is 0 Å². The van der Waals surface area contributed by atoms with Crippen LogP contribution in [-0.2, 0) is 32.5 Å². The van der Waals surface area contributed by atoms with Crippen molar-refractivity contribution in [2.24, 2.45) is 0 Å². The van der Waals surface area contributed by atoms with Crippen LogP contribution in [0.25, 0.3) is 10.2 Å². The molecule has 138 valence electrons. The van der Waals surface area contributed by atoms with E-state index in [1.165, 1.54) is 25.1 Å². The number of thiophene rings is 3. The monoisotopic (exact) mass is 414 g/mol. The molecular formula is C20H20N3OS3+. The van der Waals surface area contributed by atoms with Crippen molar-refractivity contribution in [3.63, 3.8) is 0 Å². The number of hydrogen-bond donors (Lipinski definition) is 2. The Morgan fingerprint density at radius 2 is 1.78 bits per heavy atom. The predicted octanol–water partition coefficient (Wildman–Crippen LogP) is 3.38. The van der Waals surface area contributed by atoms with Crippen LogP contribution in [0.5, 0.6) is 0 Å². The lowest BCUT2D eigenvalue weighted by Crippen LogP contribution is -3.08. The SMILES string of the molecule is O=c1[nH]c(C[NH+](Cc2cccs2)Cc2cccs2)nc2sc3c(c12)CCC3. The molecule has 0 radical (unpaired) electrons. The molecule has 1 aliphatic rings. The van der Waals surface area contributed by atoms with E-state index in [1.54, 1.807) is 34.0 Å². The van der Waals surface area contributed by atoms with Gasteiger partial charge < -0.3 is 9.88 Å². The van der Waals surface area contributed by atoms with Crippen molar-refractivity contribution in [3.05, 3.63) is 71.4 Å². The molecule has 4 heterocycles. The van der Waals surface area contributed by atoms with Gasteiger partial charge in [0.2, 0.25) is 0 Å². The van der Waals surface area contributed by atoms with Crippen LogP contribution in [0.1, 0.15) is 32.4 Å². The van der Waals surface area contributed by atoms with E-state index in [0.717, 1.165) is 54.9 Å². The molecule has 0 amide bonds. The smallest absolute Gasteiger partial charge is 0.260 e. The van der Waals surface area contributed by atoms with E-state index in [1.807, 2.05) is 0 Å². The summed E-state index contributed by atoms with van der Waals surface area (Å²) in [7, 11) is 0. The van der Waals surface area contributed by atoms with Crippen molar-refractivity contribution in [1.29, 1.82) is 0 Å². The third-order valence-electron chi connectivity index (χ3n) is 5.05. The van der Waals surface area contributed by atoms with E-state index in [2.05, 4.69) is 40.0 Å². The second kappa shape index (κ2) is 7.31. The molecule has 5 rings (SSSR count). The fraction of sp³-hybridized carbons (Fsp3) is 0.300. The summed E-state index contributed by atoms with van der Waals surface area (Å²) in [5, 5.41) is 5.09. The van der Waals surface area contributed by atoms with Crippen LogP contribution in [0.2, 0.25) is 0 Å². The highest BCUT2D eigenvalue weighted by Crippen LogP contribution is 2.34. The van der Waals surface area contributed by atoms with E-state index in [0.29, 0.717) is 0 Å². The number of rotatable bonds is 6. The Balaban J connectivity index is 1.45. The molecule has 0 unspecified atom stereocenters. The highest BCUT2D eigenvalue weighted by Gasteiger charge is 2.22. The van der Waals surface area contributed by atoms with E-state index >= 15 is 0 Å². The van der Waals surface area contributed by atoms with Gasteiger partial charge in [-0.1, -0.05) is 12.1 Å². The Kier molecular flexibility index (Phi) is 4.69. The third-order valence-corrected chi connectivity index (χ3v) is 7.99. The number of aromatic nitrogens is 2. The number of aryl methyl sites for hydroxylation is 2. The van der Waals surface area contributed by atoms with Gasteiger partial charge in [-0.2, -0.15) is 0 Å². The molecule has 2 N–H and O–H groups in total. The van der Waals surface area contributed by atoms with E-state index in [-0.39, 0.29) is 5.56 Å². The number of quaternary nitrogens is 1. The molecule has 0 atom stereocenters. The molecule has 0 saturated heterocycles. The Morgan fingerprint density at radius 3 is 2.44 bits per heavy atom. The van der Waals surface area contributed by atoms with Gasteiger partial charge in [-0.25, -0.2) is 4.98 Å². The summed E-state index contributed by atoms with van der Waals surface area (Å²) in [6, 6.07) is 8.56. The lowest BCUT2D eigenvalue weighted by Gasteiger charge is -2.17. The molecule has 4 nitrogen and oxygen atoms in total. The largest absolute Gasteiger partial charge is 0.320 e. The number of nitrogens with one attached hydrogen (secondary N) is 2. The zero-order valence-electron chi connectivity index (χ0n) is 14.8. The lowest BCUT2D eigenvalue weighted by molar-refractivity contribution is -0.941. The molecular weight excluding hydrogens is 394 g/mol. The van der Waals surface area contributed by atoms with Gasteiger partial charge in [0.05, 0.1) is 15.1 Å². The van der Waals surface area contributed by atoms with Gasteiger partial charge in [0.1, 0.15) is 24.5 Å². The molecule has 0 spiro atoms. The maximum atomic E-state index is 12.7. The molecule has 7 heteroatoms. The zero-order chi connectivity index (χ0) is 18.2. The van der Waals surface area contributed by atoms with Crippen LogP contribution in [0.4, 0.5) is 0 Å². The van der Waals surface area contributed by atoms with Gasteiger partial charge >= 0.3 is 0 Å². The molecule has 0 aliphatic heterocycles. The Morgan fingerprint density at radius 1 is 1.04 bits per heavy atom. The normalized spacial score (nSPS) is 13.7. The number of fused-ring (bicyclic) bond motifs is 3. The van der Waals surface area contributed by atoms with Crippen LogP contribution in [0, 0.1) is 0 Å². The van der Waals surface area contributed by atoms with Gasteiger partial charge in [0.25, 0.3) is 5.56 Å². The first-order valence-corrected chi connectivity index (χ1v) is 11.8. The minimum absolute atomic E-state index is 0.0426. The molecule has 0 fully saturated rings. The van der Waals surface area contributed by atoms with Crippen molar-refractivity contribution < 1.29 is 4.90 Å². The van der Waals surface area contributed by atoms with E-state index in [4.69, 9.17) is 4.98 Å². The molecule has 1 aliphatic carbocycles. The summed E-state index contributed by atoms with van der Waals surface area (Å²) in [5.74, 6) is 0.801. The van der Waals surface area contributed by atoms with Gasteiger partial charge in [-0.3, -0.25) is 4.79 Å². The molecule has 0 saturated carbocycles. The van der Waals surface area contributed by atoms with Crippen molar-refractivity contribution >= 4 is 44.2 Å². The van der Waals surface area contributed by atoms with Crippen molar-refractivity contribution in [2.75, 3.05) is 0 Å². The molecule has 0 aromatic carbocycles. The third kappa shape index (κ3) is 3.52. The minimum atomic E-state index is 0.0426. The van der Waals surface area contributed by atoms with Crippen LogP contribution in [-0.4, -0.2) is 9.97 Å². The second-order valence-electron chi connectivity index (χ2n) is 6.99. The summed E-state index contributed by atoms with van der Waals surface area (Å²) in [4.78, 5) is 27.1. The average molecular weight is 415 g/mol. The highest BCUT2D eigenvalue weighted by atomic mass is 32.1. The minimum Gasteiger partial charge on any atom is -0.320 e. The Bertz CT molecular complexity index is 1070. The van der Waals surface area contributed by atoms with Gasteiger partial charge in [0, 0.05) is 4.88 Å². The highest BCUT2D eigenvalue weighted by molar-refractivity contribution is 7.18. The van der Waals surface area contributed by atoms with E-state index < -0.39 is 0 Å². The number of aromatic amines is 1. The van der Waals surface area contributed by atoms with Gasteiger partial charge in [-0.05, 0) is 47.7 Å². The average Bonchev–Trinajstić information content (AvgIpc) is 3.39. The fourth-order valence-corrected chi connectivity index (χ4v) is 6.71. The summed E-state index contributed by atoms with van der Waals surface area (Å²) in [6.07, 6.45) is 3.28. The molecule has 0 bridgehead atoms. The summed E-state index contributed by atoms with van der Waals surface area (Å²) in [6.45, 7) is 2.61. The first-order valence-electron chi connectivity index (χ1n) is 9.18. The van der Waals surface area contributed by atoms with Crippen LogP contribution in [0.15, 0.2) is 39.8 Å². The number of nitrogens with zero attached hydrogens (tertiary/aromatic N) is 1. The fourth-order valence-electron chi connectivity index (χ4n) is 3.87. The first-order chi connectivity index (χ1) is 13.3. The molecule has 4 aromatic heterocycles. The lowest BCUT2D eigenvalue weighted by atomic mass is 10.2.